The van der Waals surface area contributed by atoms with Crippen molar-refractivity contribution in [2.45, 2.75) is 13.0 Å². The zero-order valence-corrected chi connectivity index (χ0v) is 14.0. The summed E-state index contributed by atoms with van der Waals surface area (Å²) in [5.41, 5.74) is 1.92. The maximum atomic E-state index is 12.4. The van der Waals surface area contributed by atoms with Crippen molar-refractivity contribution in [2.24, 2.45) is 0 Å². The van der Waals surface area contributed by atoms with Gasteiger partial charge in [-0.25, -0.2) is 4.79 Å². The van der Waals surface area contributed by atoms with Crippen LogP contribution in [0.3, 0.4) is 0 Å². The molecule has 2 rings (SSSR count). The lowest BCUT2D eigenvalue weighted by Crippen LogP contribution is -2.45. The summed E-state index contributed by atoms with van der Waals surface area (Å²) >= 11 is 5.18. The van der Waals surface area contributed by atoms with E-state index in [1.165, 1.54) is 6.08 Å². The summed E-state index contributed by atoms with van der Waals surface area (Å²) in [7, 11) is 0. The fourth-order valence-electron chi connectivity index (χ4n) is 2.30. The van der Waals surface area contributed by atoms with Crippen LogP contribution in [0.1, 0.15) is 18.5 Å². The molecule has 124 valence electrons. The number of benzene rings is 1. The minimum absolute atomic E-state index is 0.0207. The molecule has 0 spiro atoms. The van der Waals surface area contributed by atoms with Crippen LogP contribution >= 0.6 is 12.2 Å². The topological polar surface area (TPSA) is 83.4 Å². The number of esters is 1. The molecule has 1 aromatic rings. The van der Waals surface area contributed by atoms with Crippen molar-refractivity contribution in [3.8, 4) is 11.8 Å². The van der Waals surface area contributed by atoms with Crippen molar-refractivity contribution in [2.75, 3.05) is 13.2 Å². The molecule has 0 fully saturated rings. The summed E-state index contributed by atoms with van der Waals surface area (Å²) in [6.45, 7) is 5.42. The molecule has 1 aliphatic heterocycles. The van der Waals surface area contributed by atoms with Gasteiger partial charge >= 0.3 is 5.97 Å². The standard InChI is InChI=1S/C17H17N3O3S/c1-3-9-23-16(21)14-11(2)19-17(24)20-15(14)12-4-6-13(7-5-12)22-10-8-18/h3-7,15H,1,9-10H2,2H3,(H2,19,20,24)/t15-/m0/s1. The van der Waals surface area contributed by atoms with E-state index < -0.39 is 12.0 Å². The van der Waals surface area contributed by atoms with Crippen LogP contribution in [0.2, 0.25) is 0 Å². The Morgan fingerprint density at radius 3 is 2.79 bits per heavy atom. The van der Waals surface area contributed by atoms with Crippen LogP contribution in [0.25, 0.3) is 0 Å². The number of nitrogens with zero attached hydrogens (tertiary/aromatic N) is 1. The summed E-state index contributed by atoms with van der Waals surface area (Å²) in [6.07, 6.45) is 1.51. The van der Waals surface area contributed by atoms with E-state index in [4.69, 9.17) is 27.0 Å². The number of ether oxygens (including phenoxy) is 2. The summed E-state index contributed by atoms with van der Waals surface area (Å²) in [5, 5.41) is 15.0. The quantitative estimate of drug-likeness (QED) is 0.465. The first-order valence-electron chi connectivity index (χ1n) is 7.22. The fraction of sp³-hybridized carbons (Fsp3) is 0.235. The second-order valence-corrected chi connectivity index (χ2v) is 5.38. The molecule has 0 saturated heterocycles. The molecule has 1 heterocycles. The highest BCUT2D eigenvalue weighted by atomic mass is 32.1. The number of nitriles is 1. The molecular weight excluding hydrogens is 326 g/mol. The predicted molar refractivity (Wildman–Crippen MR) is 93.0 cm³/mol. The van der Waals surface area contributed by atoms with Crippen molar-refractivity contribution in [1.29, 1.82) is 5.26 Å². The van der Waals surface area contributed by atoms with Crippen LogP contribution < -0.4 is 15.4 Å². The third-order valence-corrected chi connectivity index (χ3v) is 3.56. The van der Waals surface area contributed by atoms with Crippen molar-refractivity contribution in [1.82, 2.24) is 10.6 Å². The highest BCUT2D eigenvalue weighted by Gasteiger charge is 2.30. The first kappa shape index (κ1) is 17.5. The van der Waals surface area contributed by atoms with Gasteiger partial charge < -0.3 is 20.1 Å². The molecule has 0 radical (unpaired) electrons. The lowest BCUT2D eigenvalue weighted by Gasteiger charge is -2.29. The number of hydrogen-bond acceptors (Lipinski definition) is 5. The Labute approximate surface area is 145 Å². The molecule has 6 nitrogen and oxygen atoms in total. The van der Waals surface area contributed by atoms with E-state index in [1.807, 2.05) is 18.2 Å². The Balaban J connectivity index is 2.29. The van der Waals surface area contributed by atoms with Gasteiger partial charge in [-0.15, -0.1) is 0 Å². The Morgan fingerprint density at radius 2 is 2.17 bits per heavy atom. The Bertz CT molecular complexity index is 720. The largest absolute Gasteiger partial charge is 0.479 e. The average Bonchev–Trinajstić information content (AvgIpc) is 2.57. The van der Waals surface area contributed by atoms with Crippen molar-refractivity contribution in [3.05, 3.63) is 53.8 Å². The average molecular weight is 343 g/mol. The fourth-order valence-corrected chi connectivity index (χ4v) is 2.57. The lowest BCUT2D eigenvalue weighted by atomic mass is 9.95. The molecule has 0 aromatic heterocycles. The normalized spacial score (nSPS) is 16.5. The predicted octanol–water partition coefficient (Wildman–Crippen LogP) is 2.11. The van der Waals surface area contributed by atoms with Crippen LogP contribution in [-0.2, 0) is 9.53 Å². The van der Waals surface area contributed by atoms with Gasteiger partial charge in [0.25, 0.3) is 0 Å². The van der Waals surface area contributed by atoms with E-state index in [0.29, 0.717) is 22.1 Å². The monoisotopic (exact) mass is 343 g/mol. The highest BCUT2D eigenvalue weighted by molar-refractivity contribution is 7.80. The minimum Gasteiger partial charge on any atom is -0.479 e. The van der Waals surface area contributed by atoms with Crippen molar-refractivity contribution in [3.63, 3.8) is 0 Å². The van der Waals surface area contributed by atoms with Gasteiger partial charge in [-0.3, -0.25) is 0 Å². The number of nitrogens with one attached hydrogen (secondary N) is 2. The molecule has 24 heavy (non-hydrogen) atoms. The van der Waals surface area contributed by atoms with Gasteiger partial charge in [-0.05, 0) is 36.8 Å². The molecule has 1 aliphatic rings. The minimum atomic E-state index is -0.440. The van der Waals surface area contributed by atoms with Gasteiger partial charge in [0, 0.05) is 5.70 Å². The summed E-state index contributed by atoms with van der Waals surface area (Å²) in [4.78, 5) is 12.4. The molecule has 0 bridgehead atoms. The summed E-state index contributed by atoms with van der Waals surface area (Å²) in [5.74, 6) is 0.137. The van der Waals surface area contributed by atoms with Gasteiger partial charge in [-0.2, -0.15) is 5.26 Å². The number of allylic oxidation sites excluding steroid dienone is 1. The maximum Gasteiger partial charge on any atom is 0.338 e. The molecular formula is C17H17N3O3S. The zero-order chi connectivity index (χ0) is 17.5. The van der Waals surface area contributed by atoms with E-state index in [9.17, 15) is 4.79 Å². The second-order valence-electron chi connectivity index (χ2n) is 4.97. The van der Waals surface area contributed by atoms with E-state index in [0.717, 1.165) is 5.56 Å². The van der Waals surface area contributed by atoms with E-state index >= 15 is 0 Å². The molecule has 7 heteroatoms. The number of carbonyl (C=O) groups excluding carboxylic acids is 1. The Hall–Kier alpha value is -2.85. The van der Waals surface area contributed by atoms with Crippen LogP contribution in [0.15, 0.2) is 48.2 Å². The van der Waals surface area contributed by atoms with E-state index in [-0.39, 0.29) is 13.2 Å². The molecule has 0 aliphatic carbocycles. The van der Waals surface area contributed by atoms with Gasteiger partial charge in [0.15, 0.2) is 11.7 Å². The molecule has 0 amide bonds. The molecule has 0 unspecified atom stereocenters. The third kappa shape index (κ3) is 4.12. The van der Waals surface area contributed by atoms with E-state index in [1.54, 1.807) is 19.1 Å². The number of hydrogen-bond donors (Lipinski definition) is 2. The van der Waals surface area contributed by atoms with Gasteiger partial charge in [0.1, 0.15) is 18.4 Å². The van der Waals surface area contributed by atoms with Crippen LogP contribution in [-0.4, -0.2) is 24.3 Å². The second kappa shape index (κ2) is 8.13. The van der Waals surface area contributed by atoms with Crippen LogP contribution in [0.4, 0.5) is 0 Å². The highest BCUT2D eigenvalue weighted by Crippen LogP contribution is 2.28. The number of thiocarbonyl (C=S) groups is 1. The molecule has 2 N–H and O–H groups in total. The molecule has 1 aromatic carbocycles. The number of rotatable bonds is 6. The van der Waals surface area contributed by atoms with Crippen LogP contribution in [0.5, 0.6) is 5.75 Å². The number of carbonyl (C=O) groups is 1. The first-order valence-corrected chi connectivity index (χ1v) is 7.63. The van der Waals surface area contributed by atoms with Crippen molar-refractivity contribution >= 4 is 23.3 Å². The van der Waals surface area contributed by atoms with Gasteiger partial charge in [0.05, 0.1) is 11.6 Å². The SMILES string of the molecule is C=CCOC(=O)C1=C(C)NC(=S)N[C@H]1c1ccc(OCC#N)cc1. The van der Waals surface area contributed by atoms with Crippen LogP contribution in [0, 0.1) is 11.3 Å². The first-order chi connectivity index (χ1) is 11.6. The van der Waals surface area contributed by atoms with Crippen molar-refractivity contribution < 1.29 is 14.3 Å². The summed E-state index contributed by atoms with van der Waals surface area (Å²) in [6, 6.07) is 8.58. The van der Waals surface area contributed by atoms with Gasteiger partial charge in [0.2, 0.25) is 0 Å². The third-order valence-electron chi connectivity index (χ3n) is 3.34. The van der Waals surface area contributed by atoms with E-state index in [2.05, 4.69) is 17.2 Å². The maximum absolute atomic E-state index is 12.4. The Morgan fingerprint density at radius 1 is 1.46 bits per heavy atom. The van der Waals surface area contributed by atoms with Gasteiger partial charge in [-0.1, -0.05) is 24.8 Å². The smallest absolute Gasteiger partial charge is 0.338 e. The summed E-state index contributed by atoms with van der Waals surface area (Å²) < 4.78 is 10.4. The zero-order valence-electron chi connectivity index (χ0n) is 13.2. The molecule has 0 saturated carbocycles. The molecule has 1 atom stereocenters. The lowest BCUT2D eigenvalue weighted by molar-refractivity contribution is -0.138. The Kier molecular flexibility index (Phi) is 5.93.